The van der Waals surface area contributed by atoms with Crippen molar-refractivity contribution in [3.8, 4) is 28.6 Å². The minimum Gasteiger partial charge on any atom is -0.457 e. The van der Waals surface area contributed by atoms with E-state index >= 15 is 0 Å². The predicted octanol–water partition coefficient (Wildman–Crippen LogP) is 6.47. The Bertz CT molecular complexity index is 1560. The highest BCUT2D eigenvalue weighted by Gasteiger charge is 2.35. The summed E-state index contributed by atoms with van der Waals surface area (Å²) in [4.78, 5) is 27.1. The zero-order chi connectivity index (χ0) is 27.6. The second kappa shape index (κ2) is 10.5. The molecule has 1 saturated heterocycles. The van der Waals surface area contributed by atoms with E-state index in [1.807, 2.05) is 18.2 Å². The van der Waals surface area contributed by atoms with Gasteiger partial charge in [0.15, 0.2) is 5.11 Å². The molecule has 5 rings (SSSR count). The van der Waals surface area contributed by atoms with Gasteiger partial charge in [-0.1, -0.05) is 18.2 Å². The van der Waals surface area contributed by atoms with Crippen molar-refractivity contribution in [2.24, 2.45) is 0 Å². The number of anilines is 1. The van der Waals surface area contributed by atoms with E-state index in [0.29, 0.717) is 28.5 Å². The highest BCUT2D eigenvalue weighted by Crippen LogP contribution is 2.30. The number of hydrogen-bond acceptors (Lipinski definition) is 6. The molecule has 1 N–H and O–H groups in total. The van der Waals surface area contributed by atoms with Gasteiger partial charge in [-0.05, 0) is 91.1 Å². The Morgan fingerprint density at radius 3 is 2.13 bits per heavy atom. The van der Waals surface area contributed by atoms with Crippen molar-refractivity contribution in [2.75, 3.05) is 4.90 Å². The van der Waals surface area contributed by atoms with Gasteiger partial charge in [0, 0.05) is 5.56 Å². The van der Waals surface area contributed by atoms with Crippen molar-refractivity contribution in [1.29, 1.82) is 0 Å². The van der Waals surface area contributed by atoms with Crippen LogP contribution in [0.4, 0.5) is 18.9 Å². The number of alkyl halides is 3. The molecule has 3 aromatic carbocycles. The van der Waals surface area contributed by atoms with E-state index in [-0.39, 0.29) is 22.2 Å². The maximum Gasteiger partial charge on any atom is 0.573 e. The highest BCUT2D eigenvalue weighted by molar-refractivity contribution is 7.80. The third-order valence-corrected chi connectivity index (χ3v) is 5.75. The number of thiocarbonyl (C=S) groups is 1. The lowest BCUT2D eigenvalue weighted by atomic mass is 10.1. The van der Waals surface area contributed by atoms with Crippen LogP contribution in [-0.2, 0) is 9.59 Å². The molecule has 0 aliphatic carbocycles. The third-order valence-electron chi connectivity index (χ3n) is 5.46. The first-order chi connectivity index (χ1) is 18.7. The molecule has 4 aromatic rings. The number of nitrogens with zero attached hydrogens (tertiary/aromatic N) is 1. The highest BCUT2D eigenvalue weighted by atomic mass is 32.1. The van der Waals surface area contributed by atoms with Crippen LogP contribution in [0.1, 0.15) is 5.76 Å². The first kappa shape index (κ1) is 25.7. The second-order valence-electron chi connectivity index (χ2n) is 8.14. The summed E-state index contributed by atoms with van der Waals surface area (Å²) in [5, 5.41) is 2.41. The summed E-state index contributed by atoms with van der Waals surface area (Å²) in [6, 6.07) is 23.9. The van der Waals surface area contributed by atoms with Gasteiger partial charge in [-0.2, -0.15) is 0 Å². The van der Waals surface area contributed by atoms with E-state index in [4.69, 9.17) is 21.4 Å². The SMILES string of the molecule is O=C1NC(=S)N(c2ccc(Oc3ccccc3)cc2)C(=O)C1=Cc1ccc(-c2ccc(OC(F)(F)F)cc2)o1. The monoisotopic (exact) mass is 550 g/mol. The maximum atomic E-state index is 13.3. The number of carbonyl (C=O) groups excluding carboxylic acids is 2. The first-order valence-corrected chi connectivity index (χ1v) is 11.8. The van der Waals surface area contributed by atoms with Gasteiger partial charge in [-0.25, -0.2) is 0 Å². The van der Waals surface area contributed by atoms with Gasteiger partial charge in [-0.3, -0.25) is 19.8 Å². The van der Waals surface area contributed by atoms with Crippen LogP contribution < -0.4 is 19.7 Å². The lowest BCUT2D eigenvalue weighted by Gasteiger charge is -2.28. The van der Waals surface area contributed by atoms with Crippen LogP contribution in [0, 0.1) is 0 Å². The van der Waals surface area contributed by atoms with Crippen molar-refractivity contribution in [3.63, 3.8) is 0 Å². The summed E-state index contributed by atoms with van der Waals surface area (Å²) in [7, 11) is 0. The molecule has 0 unspecified atom stereocenters. The number of furan rings is 1. The molecule has 2 amide bonds. The number of nitrogens with one attached hydrogen (secondary N) is 1. The fourth-order valence-electron chi connectivity index (χ4n) is 3.73. The molecule has 1 aliphatic heterocycles. The molecule has 1 fully saturated rings. The number of para-hydroxylation sites is 1. The fraction of sp³-hybridized carbons (Fsp3) is 0.0357. The van der Waals surface area contributed by atoms with Gasteiger partial charge in [0.2, 0.25) is 0 Å². The number of halogens is 3. The molecule has 39 heavy (non-hydrogen) atoms. The van der Waals surface area contributed by atoms with Gasteiger partial charge in [0.25, 0.3) is 11.8 Å². The number of rotatable bonds is 6. The van der Waals surface area contributed by atoms with Crippen molar-refractivity contribution in [2.45, 2.75) is 6.36 Å². The molecule has 0 radical (unpaired) electrons. The minimum absolute atomic E-state index is 0.0832. The Kier molecular flexibility index (Phi) is 6.90. The summed E-state index contributed by atoms with van der Waals surface area (Å²) in [5.41, 5.74) is 0.662. The molecule has 11 heteroatoms. The van der Waals surface area contributed by atoms with E-state index in [2.05, 4.69) is 10.1 Å². The summed E-state index contributed by atoms with van der Waals surface area (Å²) in [6.07, 6.45) is -3.53. The number of carbonyl (C=O) groups is 2. The molecule has 1 aromatic heterocycles. The fourth-order valence-corrected chi connectivity index (χ4v) is 4.01. The van der Waals surface area contributed by atoms with Crippen LogP contribution in [-0.4, -0.2) is 23.3 Å². The van der Waals surface area contributed by atoms with Gasteiger partial charge in [0.05, 0.1) is 5.69 Å². The zero-order valence-electron chi connectivity index (χ0n) is 19.8. The predicted molar refractivity (Wildman–Crippen MR) is 140 cm³/mol. The van der Waals surface area contributed by atoms with E-state index in [0.717, 1.165) is 12.1 Å². The molecule has 196 valence electrons. The number of benzene rings is 3. The Morgan fingerprint density at radius 1 is 0.821 bits per heavy atom. The van der Waals surface area contributed by atoms with Crippen molar-refractivity contribution >= 4 is 40.9 Å². The molecule has 2 heterocycles. The normalized spacial score (nSPS) is 14.9. The Morgan fingerprint density at radius 2 is 1.46 bits per heavy atom. The van der Waals surface area contributed by atoms with Crippen LogP contribution in [0.3, 0.4) is 0 Å². The topological polar surface area (TPSA) is 81.0 Å². The molecule has 0 saturated carbocycles. The minimum atomic E-state index is -4.80. The molecule has 1 aliphatic rings. The van der Waals surface area contributed by atoms with Crippen LogP contribution in [0.25, 0.3) is 17.4 Å². The van der Waals surface area contributed by atoms with E-state index in [1.54, 1.807) is 42.5 Å². The lowest BCUT2D eigenvalue weighted by molar-refractivity contribution is -0.274. The summed E-state index contributed by atoms with van der Waals surface area (Å²) in [5.74, 6) is -0.0507. The Hall–Kier alpha value is -4.90. The number of ether oxygens (including phenoxy) is 2. The molecule has 0 atom stereocenters. The van der Waals surface area contributed by atoms with Crippen LogP contribution in [0.15, 0.2) is 101 Å². The largest absolute Gasteiger partial charge is 0.573 e. The summed E-state index contributed by atoms with van der Waals surface area (Å²) >= 11 is 5.24. The van der Waals surface area contributed by atoms with Crippen LogP contribution >= 0.6 is 12.2 Å². The van der Waals surface area contributed by atoms with Crippen LogP contribution in [0.5, 0.6) is 17.2 Å². The van der Waals surface area contributed by atoms with Gasteiger partial charge >= 0.3 is 6.36 Å². The standard InChI is InChI=1S/C28H17F3N2O5S/c29-28(30,31)38-21-10-6-17(7-11-21)24-15-14-22(37-24)16-23-25(34)32-27(39)33(26(23)35)18-8-12-20(13-9-18)36-19-4-2-1-3-5-19/h1-16H,(H,32,34,39). The molecule has 0 bridgehead atoms. The van der Waals surface area contributed by atoms with Crippen molar-refractivity contribution < 1.29 is 36.7 Å². The molecule has 7 nitrogen and oxygen atoms in total. The molecular weight excluding hydrogens is 533 g/mol. The van der Waals surface area contributed by atoms with Gasteiger partial charge in [-0.15, -0.1) is 13.2 Å². The summed E-state index contributed by atoms with van der Waals surface area (Å²) in [6.45, 7) is 0. The second-order valence-corrected chi connectivity index (χ2v) is 8.53. The summed E-state index contributed by atoms with van der Waals surface area (Å²) < 4.78 is 52.5. The molecular formula is C28H17F3N2O5S. The number of amides is 2. The maximum absolute atomic E-state index is 13.3. The Labute approximate surface area is 225 Å². The van der Waals surface area contributed by atoms with Crippen molar-refractivity contribution in [1.82, 2.24) is 5.32 Å². The average Bonchev–Trinajstić information content (AvgIpc) is 3.36. The van der Waals surface area contributed by atoms with Crippen molar-refractivity contribution in [3.05, 3.63) is 102 Å². The zero-order valence-corrected chi connectivity index (χ0v) is 20.6. The smallest absolute Gasteiger partial charge is 0.457 e. The quantitative estimate of drug-likeness (QED) is 0.168. The van der Waals surface area contributed by atoms with E-state index < -0.39 is 18.2 Å². The van der Waals surface area contributed by atoms with Gasteiger partial charge in [0.1, 0.15) is 34.3 Å². The lowest BCUT2D eigenvalue weighted by Crippen LogP contribution is -2.54. The Balaban J connectivity index is 1.34. The van der Waals surface area contributed by atoms with Gasteiger partial charge < -0.3 is 13.9 Å². The van der Waals surface area contributed by atoms with E-state index in [9.17, 15) is 22.8 Å². The van der Waals surface area contributed by atoms with E-state index in [1.165, 1.54) is 29.2 Å². The average molecular weight is 551 g/mol. The van der Waals surface area contributed by atoms with Crippen LogP contribution in [0.2, 0.25) is 0 Å². The number of hydrogen-bond donors (Lipinski definition) is 1. The third kappa shape index (κ3) is 5.99. The molecule has 0 spiro atoms. The first-order valence-electron chi connectivity index (χ1n) is 11.4.